The van der Waals surface area contributed by atoms with Crippen LogP contribution in [-0.4, -0.2) is 24.9 Å². The van der Waals surface area contributed by atoms with E-state index in [0.29, 0.717) is 29.4 Å². The van der Waals surface area contributed by atoms with E-state index in [1.54, 1.807) is 36.4 Å². The van der Waals surface area contributed by atoms with Crippen LogP contribution in [0.2, 0.25) is 0 Å². The molecule has 0 bridgehead atoms. The molecule has 2 aromatic carbocycles. The third kappa shape index (κ3) is 4.85. The Morgan fingerprint density at radius 2 is 1.83 bits per heavy atom. The van der Waals surface area contributed by atoms with E-state index in [2.05, 4.69) is 5.32 Å². The predicted octanol–water partition coefficient (Wildman–Crippen LogP) is 3.31. The molecule has 0 radical (unpaired) electrons. The van der Waals surface area contributed by atoms with E-state index in [9.17, 15) is 9.59 Å². The SMILES string of the molecule is CCOc1ccccc1NC(=O)COc1cccc(C(C)=O)c1. The van der Waals surface area contributed by atoms with Crippen LogP contribution in [0.4, 0.5) is 5.69 Å². The highest BCUT2D eigenvalue weighted by Crippen LogP contribution is 2.23. The first-order chi connectivity index (χ1) is 11.1. The Hall–Kier alpha value is -2.82. The molecule has 0 unspecified atom stereocenters. The van der Waals surface area contributed by atoms with Crippen molar-refractivity contribution in [1.29, 1.82) is 0 Å². The minimum absolute atomic E-state index is 0.0504. The molecule has 5 heteroatoms. The molecule has 0 aliphatic carbocycles. The Kier molecular flexibility index (Phi) is 5.74. The van der Waals surface area contributed by atoms with Crippen molar-refractivity contribution in [1.82, 2.24) is 0 Å². The summed E-state index contributed by atoms with van der Waals surface area (Å²) in [6.07, 6.45) is 0. The van der Waals surface area contributed by atoms with E-state index in [1.165, 1.54) is 6.92 Å². The molecular formula is C18H19NO4. The van der Waals surface area contributed by atoms with Gasteiger partial charge in [-0.25, -0.2) is 0 Å². The minimum Gasteiger partial charge on any atom is -0.492 e. The summed E-state index contributed by atoms with van der Waals surface area (Å²) >= 11 is 0. The molecular weight excluding hydrogens is 294 g/mol. The maximum absolute atomic E-state index is 12.0. The lowest BCUT2D eigenvalue weighted by molar-refractivity contribution is -0.118. The molecule has 0 saturated heterocycles. The highest BCUT2D eigenvalue weighted by atomic mass is 16.5. The van der Waals surface area contributed by atoms with Gasteiger partial charge in [0.05, 0.1) is 12.3 Å². The first-order valence-electron chi connectivity index (χ1n) is 7.35. The maximum atomic E-state index is 12.0. The number of nitrogens with one attached hydrogen (secondary N) is 1. The summed E-state index contributed by atoms with van der Waals surface area (Å²) in [4.78, 5) is 23.3. The van der Waals surface area contributed by atoms with Gasteiger partial charge in [0.1, 0.15) is 11.5 Å². The number of carbonyl (C=O) groups excluding carboxylic acids is 2. The van der Waals surface area contributed by atoms with E-state index in [1.807, 2.05) is 19.1 Å². The van der Waals surface area contributed by atoms with Crippen molar-refractivity contribution in [3.63, 3.8) is 0 Å². The molecule has 0 fully saturated rings. The Morgan fingerprint density at radius 1 is 1.04 bits per heavy atom. The molecule has 0 heterocycles. The average Bonchev–Trinajstić information content (AvgIpc) is 2.55. The second-order valence-electron chi connectivity index (χ2n) is 4.85. The topological polar surface area (TPSA) is 64.6 Å². The molecule has 0 aromatic heterocycles. The van der Waals surface area contributed by atoms with E-state index < -0.39 is 0 Å². The van der Waals surface area contributed by atoms with Gasteiger partial charge < -0.3 is 14.8 Å². The zero-order valence-corrected chi connectivity index (χ0v) is 13.2. The predicted molar refractivity (Wildman–Crippen MR) is 88.2 cm³/mol. The number of anilines is 1. The Morgan fingerprint density at radius 3 is 2.57 bits per heavy atom. The first kappa shape index (κ1) is 16.5. The summed E-state index contributed by atoms with van der Waals surface area (Å²) < 4.78 is 10.9. The van der Waals surface area contributed by atoms with Crippen molar-refractivity contribution in [2.75, 3.05) is 18.5 Å². The first-order valence-corrected chi connectivity index (χ1v) is 7.35. The van der Waals surface area contributed by atoms with Gasteiger partial charge in [0, 0.05) is 5.56 Å². The van der Waals surface area contributed by atoms with Crippen LogP contribution in [0.1, 0.15) is 24.2 Å². The molecule has 2 rings (SSSR count). The Balaban J connectivity index is 1.95. The maximum Gasteiger partial charge on any atom is 0.262 e. The number of amides is 1. The summed E-state index contributed by atoms with van der Waals surface area (Å²) in [7, 11) is 0. The van der Waals surface area contributed by atoms with Gasteiger partial charge in [0.2, 0.25) is 0 Å². The molecule has 0 aliphatic heterocycles. The van der Waals surface area contributed by atoms with Crippen molar-refractivity contribution < 1.29 is 19.1 Å². The molecule has 1 N–H and O–H groups in total. The van der Waals surface area contributed by atoms with Crippen molar-refractivity contribution in [3.05, 3.63) is 54.1 Å². The minimum atomic E-state index is -0.301. The fourth-order valence-corrected chi connectivity index (χ4v) is 1.99. The quantitative estimate of drug-likeness (QED) is 0.797. The van der Waals surface area contributed by atoms with Crippen molar-refractivity contribution >= 4 is 17.4 Å². The molecule has 0 atom stereocenters. The number of Topliss-reactive ketones (excluding diaryl/α,β-unsaturated/α-hetero) is 1. The number of ether oxygens (including phenoxy) is 2. The van der Waals surface area contributed by atoms with E-state index >= 15 is 0 Å². The van der Waals surface area contributed by atoms with Crippen LogP contribution in [0, 0.1) is 0 Å². The largest absolute Gasteiger partial charge is 0.492 e. The number of benzene rings is 2. The van der Waals surface area contributed by atoms with E-state index in [-0.39, 0.29) is 18.3 Å². The van der Waals surface area contributed by atoms with Gasteiger partial charge in [-0.3, -0.25) is 9.59 Å². The van der Waals surface area contributed by atoms with Crippen molar-refractivity contribution in [2.24, 2.45) is 0 Å². The standard InChI is InChI=1S/C18H19NO4/c1-3-22-17-10-5-4-9-16(17)19-18(21)12-23-15-8-6-7-14(11-15)13(2)20/h4-11H,3,12H2,1-2H3,(H,19,21). The normalized spacial score (nSPS) is 10.0. The molecule has 0 spiro atoms. The van der Waals surface area contributed by atoms with Crippen LogP contribution < -0.4 is 14.8 Å². The van der Waals surface area contributed by atoms with Gasteiger partial charge in [0.25, 0.3) is 5.91 Å². The molecule has 5 nitrogen and oxygen atoms in total. The fourth-order valence-electron chi connectivity index (χ4n) is 1.99. The monoisotopic (exact) mass is 313 g/mol. The van der Waals surface area contributed by atoms with Crippen LogP contribution in [0.25, 0.3) is 0 Å². The zero-order valence-electron chi connectivity index (χ0n) is 13.2. The van der Waals surface area contributed by atoms with Gasteiger partial charge >= 0.3 is 0 Å². The summed E-state index contributed by atoms with van der Waals surface area (Å²) in [5, 5.41) is 2.75. The van der Waals surface area contributed by atoms with Crippen molar-refractivity contribution in [2.45, 2.75) is 13.8 Å². The molecule has 2 aromatic rings. The van der Waals surface area contributed by atoms with Crippen LogP contribution in [0.5, 0.6) is 11.5 Å². The summed E-state index contributed by atoms with van der Waals surface area (Å²) in [6.45, 7) is 3.73. The lowest BCUT2D eigenvalue weighted by atomic mass is 10.1. The lowest BCUT2D eigenvalue weighted by Gasteiger charge is -2.12. The van der Waals surface area contributed by atoms with Gasteiger partial charge in [-0.2, -0.15) is 0 Å². The summed E-state index contributed by atoms with van der Waals surface area (Å²) in [6, 6.07) is 13.9. The van der Waals surface area contributed by atoms with Crippen LogP contribution >= 0.6 is 0 Å². The van der Waals surface area contributed by atoms with Gasteiger partial charge in [-0.15, -0.1) is 0 Å². The van der Waals surface area contributed by atoms with E-state index in [0.717, 1.165) is 0 Å². The third-order valence-electron chi connectivity index (χ3n) is 3.07. The van der Waals surface area contributed by atoms with Gasteiger partial charge in [0.15, 0.2) is 12.4 Å². The highest BCUT2D eigenvalue weighted by Gasteiger charge is 2.08. The van der Waals surface area contributed by atoms with E-state index in [4.69, 9.17) is 9.47 Å². The number of hydrogen-bond acceptors (Lipinski definition) is 4. The third-order valence-corrected chi connectivity index (χ3v) is 3.07. The molecule has 120 valence electrons. The number of carbonyl (C=O) groups is 2. The Labute approximate surface area is 135 Å². The average molecular weight is 313 g/mol. The molecule has 23 heavy (non-hydrogen) atoms. The number of hydrogen-bond donors (Lipinski definition) is 1. The summed E-state index contributed by atoms with van der Waals surface area (Å²) in [5.41, 5.74) is 1.14. The fraction of sp³-hybridized carbons (Fsp3) is 0.222. The lowest BCUT2D eigenvalue weighted by Crippen LogP contribution is -2.20. The smallest absolute Gasteiger partial charge is 0.262 e. The number of ketones is 1. The number of rotatable bonds is 7. The molecule has 0 aliphatic rings. The molecule has 1 amide bonds. The second-order valence-corrected chi connectivity index (χ2v) is 4.85. The second kappa shape index (κ2) is 7.98. The molecule has 0 saturated carbocycles. The van der Waals surface area contributed by atoms with Crippen LogP contribution in [0.3, 0.4) is 0 Å². The zero-order chi connectivity index (χ0) is 16.7. The van der Waals surface area contributed by atoms with Crippen LogP contribution in [-0.2, 0) is 4.79 Å². The number of para-hydroxylation sites is 2. The summed E-state index contributed by atoms with van der Waals surface area (Å²) in [5.74, 6) is 0.740. The Bertz CT molecular complexity index is 697. The van der Waals surface area contributed by atoms with Gasteiger partial charge in [-0.05, 0) is 38.1 Å². The van der Waals surface area contributed by atoms with Crippen LogP contribution in [0.15, 0.2) is 48.5 Å². The highest BCUT2D eigenvalue weighted by molar-refractivity contribution is 5.95. The van der Waals surface area contributed by atoms with Crippen molar-refractivity contribution in [3.8, 4) is 11.5 Å². The van der Waals surface area contributed by atoms with Gasteiger partial charge in [-0.1, -0.05) is 24.3 Å².